The molecule has 0 aliphatic carbocycles. The number of para-hydroxylation sites is 1. The van der Waals surface area contributed by atoms with E-state index < -0.39 is 11.9 Å². The number of amides is 1. The molecule has 22 heavy (non-hydrogen) atoms. The van der Waals surface area contributed by atoms with E-state index in [0.717, 1.165) is 0 Å². The van der Waals surface area contributed by atoms with Crippen LogP contribution in [-0.4, -0.2) is 30.0 Å². The minimum absolute atomic E-state index is 0.172. The van der Waals surface area contributed by atoms with Crippen LogP contribution in [-0.2, 0) is 9.53 Å². The van der Waals surface area contributed by atoms with Gasteiger partial charge in [-0.2, -0.15) is 0 Å². The number of carbonyl (C=O) groups excluding carboxylic acids is 2. The Kier molecular flexibility index (Phi) is 5.48. The zero-order chi connectivity index (χ0) is 15.8. The summed E-state index contributed by atoms with van der Waals surface area (Å²) in [7, 11) is 0. The Morgan fingerprint density at radius 1 is 1.14 bits per heavy atom. The summed E-state index contributed by atoms with van der Waals surface area (Å²) >= 11 is 0. The second-order valence-corrected chi connectivity index (χ2v) is 4.29. The molecule has 114 valence electrons. The van der Waals surface area contributed by atoms with Gasteiger partial charge in [-0.05, 0) is 25.1 Å². The molecule has 1 N–H and O–H groups in total. The lowest BCUT2D eigenvalue weighted by Crippen LogP contribution is -2.30. The van der Waals surface area contributed by atoms with E-state index >= 15 is 0 Å². The lowest BCUT2D eigenvalue weighted by molar-refractivity contribution is -0.141. The van der Waals surface area contributed by atoms with Crippen LogP contribution < -0.4 is 10.1 Å². The maximum absolute atomic E-state index is 11.8. The number of hydrogen-bond donors (Lipinski definition) is 1. The number of rotatable bonds is 6. The normalized spacial score (nSPS) is 9.86. The van der Waals surface area contributed by atoms with Crippen LogP contribution in [0.1, 0.15) is 17.3 Å². The summed E-state index contributed by atoms with van der Waals surface area (Å²) in [5.74, 6) is 0.169. The highest BCUT2D eigenvalue weighted by atomic mass is 16.5. The Hall–Kier alpha value is -2.89. The summed E-state index contributed by atoms with van der Waals surface area (Å²) < 4.78 is 10.3. The van der Waals surface area contributed by atoms with Crippen LogP contribution in [0.5, 0.6) is 11.6 Å². The van der Waals surface area contributed by atoms with Gasteiger partial charge < -0.3 is 14.8 Å². The third-order valence-corrected chi connectivity index (χ3v) is 2.66. The molecule has 1 heterocycles. The van der Waals surface area contributed by atoms with Crippen molar-refractivity contribution in [2.75, 3.05) is 13.2 Å². The van der Waals surface area contributed by atoms with E-state index in [9.17, 15) is 9.59 Å². The molecule has 0 saturated heterocycles. The number of nitrogens with zero attached hydrogens (tertiary/aromatic N) is 1. The maximum Gasteiger partial charge on any atom is 0.325 e. The van der Waals surface area contributed by atoms with E-state index in [1.165, 1.54) is 6.20 Å². The van der Waals surface area contributed by atoms with E-state index in [2.05, 4.69) is 10.3 Å². The molecule has 1 aromatic heterocycles. The Morgan fingerprint density at radius 2 is 1.91 bits per heavy atom. The lowest BCUT2D eigenvalue weighted by Gasteiger charge is -2.06. The molecular formula is C16H16N2O4. The van der Waals surface area contributed by atoms with Crippen LogP contribution in [0.4, 0.5) is 0 Å². The molecule has 0 saturated carbocycles. The van der Waals surface area contributed by atoms with Crippen molar-refractivity contribution in [3.63, 3.8) is 0 Å². The van der Waals surface area contributed by atoms with Gasteiger partial charge in [-0.3, -0.25) is 9.59 Å². The summed E-state index contributed by atoms with van der Waals surface area (Å²) in [6.07, 6.45) is 1.39. The minimum atomic E-state index is -0.479. The molecule has 6 nitrogen and oxygen atoms in total. The smallest absolute Gasteiger partial charge is 0.325 e. The fourth-order valence-electron chi connectivity index (χ4n) is 1.65. The number of hydrogen-bond acceptors (Lipinski definition) is 5. The van der Waals surface area contributed by atoms with Crippen LogP contribution in [0.2, 0.25) is 0 Å². The van der Waals surface area contributed by atoms with Gasteiger partial charge in [0.25, 0.3) is 5.91 Å². The van der Waals surface area contributed by atoms with E-state index in [1.54, 1.807) is 19.1 Å². The molecule has 0 spiro atoms. The molecule has 0 unspecified atom stereocenters. The number of benzene rings is 1. The third-order valence-electron chi connectivity index (χ3n) is 2.66. The molecular weight excluding hydrogens is 284 g/mol. The van der Waals surface area contributed by atoms with Crippen LogP contribution in [0, 0.1) is 0 Å². The van der Waals surface area contributed by atoms with Gasteiger partial charge in [0.2, 0.25) is 5.88 Å². The first-order chi connectivity index (χ1) is 10.7. The molecule has 0 aliphatic heterocycles. The van der Waals surface area contributed by atoms with Crippen molar-refractivity contribution in [3.8, 4) is 11.6 Å². The zero-order valence-electron chi connectivity index (χ0n) is 12.1. The summed E-state index contributed by atoms with van der Waals surface area (Å²) in [5, 5.41) is 2.46. The first kappa shape index (κ1) is 15.5. The van der Waals surface area contributed by atoms with E-state index in [4.69, 9.17) is 9.47 Å². The molecule has 0 atom stereocenters. The van der Waals surface area contributed by atoms with Gasteiger partial charge >= 0.3 is 5.97 Å². The topological polar surface area (TPSA) is 77.5 Å². The van der Waals surface area contributed by atoms with Crippen LogP contribution in [0.3, 0.4) is 0 Å². The van der Waals surface area contributed by atoms with Crippen molar-refractivity contribution in [1.29, 1.82) is 0 Å². The van der Waals surface area contributed by atoms with Crippen LogP contribution >= 0.6 is 0 Å². The molecule has 1 aromatic carbocycles. The highest BCUT2D eigenvalue weighted by molar-refractivity contribution is 5.95. The molecule has 0 fully saturated rings. The van der Waals surface area contributed by atoms with Gasteiger partial charge in [0.05, 0.1) is 12.2 Å². The van der Waals surface area contributed by atoms with Gasteiger partial charge in [-0.1, -0.05) is 18.2 Å². The average Bonchev–Trinajstić information content (AvgIpc) is 2.54. The Labute approximate surface area is 128 Å². The van der Waals surface area contributed by atoms with Crippen LogP contribution in [0.15, 0.2) is 48.7 Å². The second-order valence-electron chi connectivity index (χ2n) is 4.29. The van der Waals surface area contributed by atoms with Gasteiger partial charge in [-0.25, -0.2) is 4.98 Å². The van der Waals surface area contributed by atoms with Gasteiger partial charge in [-0.15, -0.1) is 0 Å². The monoisotopic (exact) mass is 300 g/mol. The Balaban J connectivity index is 1.91. The highest BCUT2D eigenvalue weighted by Crippen LogP contribution is 2.18. The molecule has 0 aliphatic rings. The van der Waals surface area contributed by atoms with E-state index in [-0.39, 0.29) is 13.2 Å². The molecule has 2 rings (SSSR count). The van der Waals surface area contributed by atoms with Gasteiger partial charge in [0, 0.05) is 12.3 Å². The molecule has 0 bridgehead atoms. The number of pyridine rings is 1. The van der Waals surface area contributed by atoms with Crippen LogP contribution in [0.25, 0.3) is 0 Å². The molecule has 2 aromatic rings. The van der Waals surface area contributed by atoms with Crippen molar-refractivity contribution < 1.29 is 19.1 Å². The summed E-state index contributed by atoms with van der Waals surface area (Å²) in [6, 6.07) is 12.4. The van der Waals surface area contributed by atoms with Gasteiger partial charge in [0.1, 0.15) is 12.3 Å². The van der Waals surface area contributed by atoms with Crippen molar-refractivity contribution in [2.24, 2.45) is 0 Å². The number of aromatic nitrogens is 1. The quantitative estimate of drug-likeness (QED) is 0.827. The second kappa shape index (κ2) is 7.78. The van der Waals surface area contributed by atoms with Crippen molar-refractivity contribution in [2.45, 2.75) is 6.92 Å². The fourth-order valence-corrected chi connectivity index (χ4v) is 1.65. The van der Waals surface area contributed by atoms with E-state index in [0.29, 0.717) is 17.2 Å². The lowest BCUT2D eigenvalue weighted by atomic mass is 10.2. The molecule has 1 amide bonds. The first-order valence-electron chi connectivity index (χ1n) is 6.82. The predicted octanol–water partition coefficient (Wildman–Crippen LogP) is 2.17. The van der Waals surface area contributed by atoms with E-state index in [1.807, 2.05) is 30.3 Å². The largest absolute Gasteiger partial charge is 0.465 e. The highest BCUT2D eigenvalue weighted by Gasteiger charge is 2.09. The minimum Gasteiger partial charge on any atom is -0.465 e. The maximum atomic E-state index is 11.8. The van der Waals surface area contributed by atoms with Crippen molar-refractivity contribution in [3.05, 3.63) is 54.2 Å². The van der Waals surface area contributed by atoms with Crippen molar-refractivity contribution >= 4 is 11.9 Å². The Morgan fingerprint density at radius 3 is 2.55 bits per heavy atom. The number of esters is 1. The number of ether oxygens (including phenoxy) is 2. The molecule has 6 heteroatoms. The summed E-state index contributed by atoms with van der Waals surface area (Å²) in [5.41, 5.74) is 0.338. The summed E-state index contributed by atoms with van der Waals surface area (Å²) in [6.45, 7) is 1.81. The van der Waals surface area contributed by atoms with Crippen molar-refractivity contribution in [1.82, 2.24) is 10.3 Å². The fraction of sp³-hybridized carbons (Fsp3) is 0.188. The average molecular weight is 300 g/mol. The third kappa shape index (κ3) is 4.59. The SMILES string of the molecule is CCOC(=O)CNC(=O)c1ccc(Oc2ccccc2)nc1. The standard InChI is InChI=1S/C16H16N2O4/c1-2-21-15(19)11-18-16(20)12-8-9-14(17-10-12)22-13-6-4-3-5-7-13/h3-10H,2,11H2,1H3,(H,18,20). The zero-order valence-corrected chi connectivity index (χ0v) is 12.1. The first-order valence-corrected chi connectivity index (χ1v) is 6.82. The number of carbonyl (C=O) groups is 2. The summed E-state index contributed by atoms with van der Waals surface area (Å²) in [4.78, 5) is 27.0. The van der Waals surface area contributed by atoms with Gasteiger partial charge in [0.15, 0.2) is 0 Å². The Bertz CT molecular complexity index is 626. The number of nitrogens with one attached hydrogen (secondary N) is 1. The predicted molar refractivity (Wildman–Crippen MR) is 79.7 cm³/mol. The molecule has 0 radical (unpaired) electrons.